The molecule has 5 aromatic rings. The van der Waals surface area contributed by atoms with E-state index in [4.69, 9.17) is 9.47 Å². The number of aryl methyl sites for hydroxylation is 3. The van der Waals surface area contributed by atoms with Crippen molar-refractivity contribution in [3.8, 4) is 22.4 Å². The van der Waals surface area contributed by atoms with Gasteiger partial charge in [-0.15, -0.1) is 0 Å². The van der Waals surface area contributed by atoms with E-state index in [1.807, 2.05) is 0 Å². The summed E-state index contributed by atoms with van der Waals surface area (Å²) in [5.74, 6) is 0.250. The van der Waals surface area contributed by atoms with Crippen LogP contribution in [-0.4, -0.2) is 30.3 Å². The van der Waals surface area contributed by atoms with Crippen molar-refractivity contribution < 1.29 is 14.3 Å². The molecule has 4 aromatic carbocycles. The molecule has 6 rings (SSSR count). The molecule has 288 valence electrons. The van der Waals surface area contributed by atoms with Crippen LogP contribution in [0.2, 0.25) is 0 Å². The Morgan fingerprint density at radius 2 is 1.58 bits per heavy atom. The molecule has 1 aliphatic carbocycles. The largest absolute Gasteiger partial charge is 0.463 e. The lowest BCUT2D eigenvalue weighted by atomic mass is 9.80. The minimum absolute atomic E-state index is 0.338. The average molecular weight is 737 g/mol. The molecular formula is C50H60N2O3. The number of unbranched alkanes of at least 4 members (excludes halogenated alkanes) is 3. The Morgan fingerprint density at radius 1 is 0.836 bits per heavy atom. The number of anilines is 1. The van der Waals surface area contributed by atoms with Crippen molar-refractivity contribution in [3.63, 3.8) is 0 Å². The van der Waals surface area contributed by atoms with E-state index in [1.54, 1.807) is 0 Å². The summed E-state index contributed by atoms with van der Waals surface area (Å²) in [6, 6.07) is 31.5. The SMILES string of the molecule is C=CC(=O)OCCCCCCOC1CCC(c2ccc(-c3ccc(CCC)c(N/C(C)=C(\C)c4cccc(-c5[nH]c6ccccc6c5C)c4)c3)cc2C)CC1. The lowest BCUT2D eigenvalue weighted by molar-refractivity contribution is -0.137. The standard InChI is InChI=1S/C50H60N2O3/c1-7-16-39-21-22-42(33-48(39)51-37(6)35(4)40-17-15-18-43(32-40)50-36(5)46-19-11-12-20-47(46)52-50)41-25-28-45(34(3)31-41)38-23-26-44(27-24-38)54-29-13-9-10-14-30-55-49(53)8-2/h8,11-12,15,17-22,25,28,31-33,38,44,51-52H,2,7,9-10,13-14,16,23-24,26-27,29-30H2,1,3-6H3/b37-35+. The number of nitrogens with one attached hydrogen (secondary N) is 2. The quantitative estimate of drug-likeness (QED) is 0.0567. The molecule has 0 amide bonds. The average Bonchev–Trinajstić information content (AvgIpc) is 3.55. The normalized spacial score (nSPS) is 16.2. The van der Waals surface area contributed by atoms with Crippen molar-refractivity contribution >= 4 is 28.1 Å². The molecule has 1 fully saturated rings. The van der Waals surface area contributed by atoms with Crippen molar-refractivity contribution in [2.75, 3.05) is 18.5 Å². The Balaban J connectivity index is 1.08. The molecule has 1 aliphatic rings. The van der Waals surface area contributed by atoms with Gasteiger partial charge in [0.15, 0.2) is 0 Å². The summed E-state index contributed by atoms with van der Waals surface area (Å²) in [5.41, 5.74) is 16.4. The second kappa shape index (κ2) is 19.1. The highest BCUT2D eigenvalue weighted by Crippen LogP contribution is 2.38. The first kappa shape index (κ1) is 39.8. The van der Waals surface area contributed by atoms with Crippen LogP contribution >= 0.6 is 0 Å². The van der Waals surface area contributed by atoms with Gasteiger partial charge in [-0.25, -0.2) is 4.79 Å². The third kappa shape index (κ3) is 10.1. The van der Waals surface area contributed by atoms with Gasteiger partial charge in [-0.3, -0.25) is 0 Å². The van der Waals surface area contributed by atoms with E-state index in [2.05, 4.69) is 136 Å². The van der Waals surface area contributed by atoms with Crippen molar-refractivity contribution in [2.24, 2.45) is 0 Å². The maximum absolute atomic E-state index is 11.1. The van der Waals surface area contributed by atoms with Crippen LogP contribution in [-0.2, 0) is 20.7 Å². The molecule has 0 unspecified atom stereocenters. The number of fused-ring (bicyclic) bond motifs is 1. The lowest BCUT2D eigenvalue weighted by Crippen LogP contribution is -2.21. The van der Waals surface area contributed by atoms with E-state index in [9.17, 15) is 4.79 Å². The molecule has 0 aliphatic heterocycles. The van der Waals surface area contributed by atoms with E-state index in [-0.39, 0.29) is 5.97 Å². The number of allylic oxidation sites excluding steroid dienone is 2. The van der Waals surface area contributed by atoms with Crippen molar-refractivity contribution in [1.82, 2.24) is 4.98 Å². The lowest BCUT2D eigenvalue weighted by Gasteiger charge is -2.30. The Morgan fingerprint density at radius 3 is 2.33 bits per heavy atom. The Bertz CT molecular complexity index is 2110. The highest BCUT2D eigenvalue weighted by atomic mass is 16.5. The molecule has 5 nitrogen and oxygen atoms in total. The summed E-state index contributed by atoms with van der Waals surface area (Å²) in [5, 5.41) is 5.13. The van der Waals surface area contributed by atoms with Crippen molar-refractivity contribution in [1.29, 1.82) is 0 Å². The van der Waals surface area contributed by atoms with Gasteiger partial charge >= 0.3 is 5.97 Å². The van der Waals surface area contributed by atoms with Crippen LogP contribution in [0.15, 0.2) is 103 Å². The summed E-state index contributed by atoms with van der Waals surface area (Å²) in [4.78, 5) is 14.8. The van der Waals surface area contributed by atoms with Gasteiger partial charge in [0, 0.05) is 40.7 Å². The molecule has 0 spiro atoms. The highest BCUT2D eigenvalue weighted by molar-refractivity contribution is 5.91. The maximum atomic E-state index is 11.1. The number of carbonyl (C=O) groups is 1. The van der Waals surface area contributed by atoms with Crippen LogP contribution in [0.25, 0.3) is 38.9 Å². The zero-order valence-electron chi connectivity index (χ0n) is 33.7. The number of hydrogen-bond donors (Lipinski definition) is 2. The number of H-pyrrole nitrogens is 1. The first-order chi connectivity index (χ1) is 26.7. The number of hydrogen-bond acceptors (Lipinski definition) is 4. The second-order valence-corrected chi connectivity index (χ2v) is 15.4. The molecule has 1 heterocycles. The number of esters is 1. The zero-order valence-corrected chi connectivity index (χ0v) is 33.7. The van der Waals surface area contributed by atoms with Gasteiger partial charge in [0.2, 0.25) is 0 Å². The van der Waals surface area contributed by atoms with Crippen LogP contribution in [0.4, 0.5) is 5.69 Å². The van der Waals surface area contributed by atoms with Crippen LogP contribution in [0.1, 0.15) is 112 Å². The molecule has 1 aromatic heterocycles. The topological polar surface area (TPSA) is 63.4 Å². The molecule has 0 atom stereocenters. The number of aromatic nitrogens is 1. The fraction of sp³-hybridized carbons (Fsp3) is 0.380. The summed E-state index contributed by atoms with van der Waals surface area (Å²) in [6.07, 6.45) is 12.4. The van der Waals surface area contributed by atoms with E-state index in [0.29, 0.717) is 18.6 Å². The fourth-order valence-electron chi connectivity index (χ4n) is 8.24. The molecule has 5 heteroatoms. The Hall–Kier alpha value is -4.87. The predicted octanol–water partition coefficient (Wildman–Crippen LogP) is 13.3. The monoisotopic (exact) mass is 736 g/mol. The van der Waals surface area contributed by atoms with E-state index in [1.165, 1.54) is 91.3 Å². The van der Waals surface area contributed by atoms with Gasteiger partial charge in [0.1, 0.15) is 0 Å². The highest BCUT2D eigenvalue weighted by Gasteiger charge is 2.24. The molecule has 0 radical (unpaired) electrons. The molecule has 55 heavy (non-hydrogen) atoms. The summed E-state index contributed by atoms with van der Waals surface area (Å²) >= 11 is 0. The minimum Gasteiger partial charge on any atom is -0.463 e. The summed E-state index contributed by atoms with van der Waals surface area (Å²) in [6.45, 7) is 15.9. The number of carbonyl (C=O) groups excluding carboxylic acids is 1. The van der Waals surface area contributed by atoms with Gasteiger partial charge in [0.25, 0.3) is 0 Å². The third-order valence-corrected chi connectivity index (χ3v) is 11.6. The number of para-hydroxylation sites is 1. The molecule has 2 N–H and O–H groups in total. The molecular weight excluding hydrogens is 677 g/mol. The van der Waals surface area contributed by atoms with Gasteiger partial charge in [-0.2, -0.15) is 0 Å². The van der Waals surface area contributed by atoms with Gasteiger partial charge in [-0.05, 0) is 153 Å². The third-order valence-electron chi connectivity index (χ3n) is 11.6. The number of benzene rings is 4. The van der Waals surface area contributed by atoms with E-state index >= 15 is 0 Å². The molecule has 1 saturated carbocycles. The van der Waals surface area contributed by atoms with Crippen LogP contribution < -0.4 is 5.32 Å². The first-order valence-electron chi connectivity index (χ1n) is 20.5. The predicted molar refractivity (Wildman–Crippen MR) is 232 cm³/mol. The fourth-order valence-corrected chi connectivity index (χ4v) is 8.24. The Kier molecular flexibility index (Phi) is 13.8. The smallest absolute Gasteiger partial charge is 0.330 e. The van der Waals surface area contributed by atoms with Gasteiger partial charge in [-0.1, -0.05) is 93.1 Å². The van der Waals surface area contributed by atoms with Gasteiger partial charge in [0.05, 0.1) is 12.7 Å². The molecule has 0 bridgehead atoms. The maximum Gasteiger partial charge on any atom is 0.330 e. The van der Waals surface area contributed by atoms with E-state index in [0.717, 1.165) is 63.7 Å². The zero-order chi connectivity index (χ0) is 38.7. The summed E-state index contributed by atoms with van der Waals surface area (Å²) in [7, 11) is 0. The minimum atomic E-state index is -0.338. The van der Waals surface area contributed by atoms with Gasteiger partial charge < -0.3 is 19.8 Å². The van der Waals surface area contributed by atoms with Crippen molar-refractivity contribution in [3.05, 3.63) is 131 Å². The number of rotatable bonds is 17. The van der Waals surface area contributed by atoms with Crippen LogP contribution in [0.5, 0.6) is 0 Å². The number of ether oxygens (including phenoxy) is 2. The Labute approximate surface area is 329 Å². The molecule has 0 saturated heterocycles. The van der Waals surface area contributed by atoms with Crippen LogP contribution in [0, 0.1) is 13.8 Å². The summed E-state index contributed by atoms with van der Waals surface area (Å²) < 4.78 is 11.3. The first-order valence-corrected chi connectivity index (χ1v) is 20.5. The van der Waals surface area contributed by atoms with Crippen LogP contribution in [0.3, 0.4) is 0 Å². The van der Waals surface area contributed by atoms with E-state index < -0.39 is 0 Å². The second-order valence-electron chi connectivity index (χ2n) is 15.4. The van der Waals surface area contributed by atoms with Crippen molar-refractivity contribution in [2.45, 2.75) is 111 Å². The number of aromatic amines is 1.